The molecule has 2 amide bonds. The van der Waals surface area contributed by atoms with Gasteiger partial charge in [0.15, 0.2) is 0 Å². The van der Waals surface area contributed by atoms with Crippen molar-refractivity contribution >= 4 is 11.8 Å². The normalized spacial score (nSPS) is 17.7. The van der Waals surface area contributed by atoms with E-state index < -0.39 is 29.8 Å². The van der Waals surface area contributed by atoms with Crippen LogP contribution in [-0.2, 0) is 29.0 Å². The van der Waals surface area contributed by atoms with Crippen LogP contribution >= 0.6 is 0 Å². The maximum Gasteiger partial charge on any atom is 0.239 e. The first-order valence-corrected chi connectivity index (χ1v) is 13.9. The molecule has 7 nitrogen and oxygen atoms in total. The standard InChI is InChI=1S/C30H42F2N4O3/c1-4-6-10-35-11-12-36(21(3)30(35)39)20-29(38)34-27(16-24-14-25(31)17-26(32)15-24)28(37)19-33-18-23-9-7-8-22(5-2)13-23/h7-9,13-15,17,21,27-28,33,37H,4-6,10-12,16,18-20H2,1-3H3,(H,34,38)/t21-,27-,28+/m0/s1. The van der Waals surface area contributed by atoms with Crippen LogP contribution in [0.4, 0.5) is 8.78 Å². The summed E-state index contributed by atoms with van der Waals surface area (Å²) >= 11 is 0. The molecule has 3 rings (SSSR count). The maximum atomic E-state index is 13.8. The number of carbonyl (C=O) groups excluding carboxylic acids is 2. The van der Waals surface area contributed by atoms with E-state index in [1.165, 1.54) is 17.7 Å². The van der Waals surface area contributed by atoms with Crippen molar-refractivity contribution < 1.29 is 23.5 Å². The van der Waals surface area contributed by atoms with Crippen molar-refractivity contribution in [3.05, 3.63) is 70.8 Å². The average molecular weight is 545 g/mol. The molecule has 39 heavy (non-hydrogen) atoms. The molecule has 0 aromatic heterocycles. The molecular weight excluding hydrogens is 502 g/mol. The number of hydrogen-bond donors (Lipinski definition) is 3. The van der Waals surface area contributed by atoms with Crippen LogP contribution in [-0.4, -0.2) is 77.6 Å². The number of hydrogen-bond acceptors (Lipinski definition) is 5. The predicted octanol–water partition coefficient (Wildman–Crippen LogP) is 3.04. The molecule has 1 fully saturated rings. The van der Waals surface area contributed by atoms with E-state index in [0.717, 1.165) is 30.9 Å². The van der Waals surface area contributed by atoms with E-state index in [0.29, 0.717) is 31.7 Å². The third kappa shape index (κ3) is 9.37. The molecule has 0 unspecified atom stereocenters. The van der Waals surface area contributed by atoms with Crippen LogP contribution in [0.1, 0.15) is 50.3 Å². The van der Waals surface area contributed by atoms with E-state index in [1.54, 1.807) is 6.92 Å². The first-order valence-electron chi connectivity index (χ1n) is 13.9. The summed E-state index contributed by atoms with van der Waals surface area (Å²) in [6.45, 7) is 8.51. The molecule has 2 aromatic rings. The Balaban J connectivity index is 1.63. The number of carbonyl (C=O) groups is 2. The molecule has 214 valence electrons. The molecule has 0 radical (unpaired) electrons. The minimum absolute atomic E-state index is 0.00524. The number of halogens is 2. The van der Waals surface area contributed by atoms with Crippen molar-refractivity contribution in [3.8, 4) is 0 Å². The fraction of sp³-hybridized carbons (Fsp3) is 0.533. The molecule has 2 aromatic carbocycles. The van der Waals surface area contributed by atoms with Gasteiger partial charge < -0.3 is 20.6 Å². The summed E-state index contributed by atoms with van der Waals surface area (Å²) in [7, 11) is 0. The number of nitrogens with zero attached hydrogens (tertiary/aromatic N) is 2. The molecule has 0 spiro atoms. The largest absolute Gasteiger partial charge is 0.390 e. The molecule has 3 atom stereocenters. The molecule has 3 N–H and O–H groups in total. The zero-order valence-electron chi connectivity index (χ0n) is 23.3. The fourth-order valence-electron chi connectivity index (χ4n) is 4.93. The average Bonchev–Trinajstić information content (AvgIpc) is 2.90. The number of benzene rings is 2. The number of piperazine rings is 1. The van der Waals surface area contributed by atoms with Crippen molar-refractivity contribution in [1.82, 2.24) is 20.4 Å². The second-order valence-corrected chi connectivity index (χ2v) is 10.4. The SMILES string of the molecule is CCCCN1CCN(CC(=O)N[C@@H](Cc2cc(F)cc(F)c2)[C@H](O)CNCc2cccc(CC)c2)[C@@H](C)C1=O. The molecular formula is C30H42F2N4O3. The van der Waals surface area contributed by atoms with Crippen molar-refractivity contribution in [2.45, 2.75) is 71.2 Å². The van der Waals surface area contributed by atoms with Crippen molar-refractivity contribution in [3.63, 3.8) is 0 Å². The predicted molar refractivity (Wildman–Crippen MR) is 148 cm³/mol. The van der Waals surface area contributed by atoms with Gasteiger partial charge in [-0.15, -0.1) is 0 Å². The Hall–Kier alpha value is -2.88. The van der Waals surface area contributed by atoms with Crippen LogP contribution in [0.2, 0.25) is 0 Å². The number of unbranched alkanes of at least 4 members (excludes halogenated alkanes) is 1. The van der Waals surface area contributed by atoms with Crippen LogP contribution < -0.4 is 10.6 Å². The third-order valence-electron chi connectivity index (χ3n) is 7.27. The second-order valence-electron chi connectivity index (χ2n) is 10.4. The number of aliphatic hydroxyl groups is 1. The molecule has 9 heteroatoms. The third-order valence-corrected chi connectivity index (χ3v) is 7.27. The van der Waals surface area contributed by atoms with Gasteiger partial charge in [-0.25, -0.2) is 8.78 Å². The summed E-state index contributed by atoms with van der Waals surface area (Å²) < 4.78 is 27.7. The highest BCUT2D eigenvalue weighted by molar-refractivity contribution is 5.84. The Morgan fingerprint density at radius 1 is 1.08 bits per heavy atom. The Morgan fingerprint density at radius 2 is 1.79 bits per heavy atom. The lowest BCUT2D eigenvalue weighted by Gasteiger charge is -2.39. The summed E-state index contributed by atoms with van der Waals surface area (Å²) in [5.41, 5.74) is 2.62. The van der Waals surface area contributed by atoms with Gasteiger partial charge in [0.1, 0.15) is 11.6 Å². The van der Waals surface area contributed by atoms with Gasteiger partial charge in [0.05, 0.1) is 24.7 Å². The van der Waals surface area contributed by atoms with Crippen LogP contribution in [0.25, 0.3) is 0 Å². The smallest absolute Gasteiger partial charge is 0.239 e. The first-order chi connectivity index (χ1) is 18.7. The molecule has 1 aliphatic rings. The van der Waals surface area contributed by atoms with Crippen molar-refractivity contribution in [2.24, 2.45) is 0 Å². The minimum atomic E-state index is -1.01. The summed E-state index contributed by atoms with van der Waals surface area (Å²) in [5, 5.41) is 17.1. The second kappa shape index (κ2) is 15.1. The number of aliphatic hydroxyl groups excluding tert-OH is 1. The van der Waals surface area contributed by atoms with E-state index in [-0.39, 0.29) is 31.3 Å². The van der Waals surface area contributed by atoms with E-state index in [1.807, 2.05) is 21.9 Å². The van der Waals surface area contributed by atoms with Crippen molar-refractivity contribution in [2.75, 3.05) is 32.7 Å². The monoisotopic (exact) mass is 544 g/mol. The Kier molecular flexibility index (Phi) is 11.8. The Labute approximate surface area is 230 Å². The van der Waals surface area contributed by atoms with Gasteiger partial charge in [-0.3, -0.25) is 14.5 Å². The lowest BCUT2D eigenvalue weighted by molar-refractivity contribution is -0.142. The summed E-state index contributed by atoms with van der Waals surface area (Å²) in [6.07, 6.45) is 1.90. The number of rotatable bonds is 14. The molecule has 0 aliphatic carbocycles. The lowest BCUT2D eigenvalue weighted by atomic mass is 10.00. The van der Waals surface area contributed by atoms with Gasteiger partial charge in [-0.05, 0) is 55.0 Å². The highest BCUT2D eigenvalue weighted by atomic mass is 19.1. The molecule has 1 heterocycles. The fourth-order valence-corrected chi connectivity index (χ4v) is 4.93. The zero-order chi connectivity index (χ0) is 28.4. The summed E-state index contributed by atoms with van der Waals surface area (Å²) in [4.78, 5) is 29.5. The van der Waals surface area contributed by atoms with E-state index >= 15 is 0 Å². The minimum Gasteiger partial charge on any atom is -0.390 e. The maximum absolute atomic E-state index is 13.8. The van der Waals surface area contributed by atoms with E-state index in [4.69, 9.17) is 0 Å². The Bertz CT molecular complexity index is 1080. The quantitative estimate of drug-likeness (QED) is 0.341. The van der Waals surface area contributed by atoms with Gasteiger partial charge in [-0.1, -0.05) is 44.5 Å². The number of aryl methyl sites for hydroxylation is 1. The topological polar surface area (TPSA) is 84.9 Å². The van der Waals surface area contributed by atoms with Crippen LogP contribution in [0, 0.1) is 11.6 Å². The Morgan fingerprint density at radius 3 is 2.49 bits per heavy atom. The van der Waals surface area contributed by atoms with Gasteiger partial charge in [-0.2, -0.15) is 0 Å². The lowest BCUT2D eigenvalue weighted by Crippen LogP contribution is -2.59. The molecule has 1 aliphatic heterocycles. The number of nitrogens with one attached hydrogen (secondary N) is 2. The van der Waals surface area contributed by atoms with E-state index in [9.17, 15) is 23.5 Å². The first kappa shape index (κ1) is 30.7. The zero-order valence-corrected chi connectivity index (χ0v) is 23.3. The van der Waals surface area contributed by atoms with Gasteiger partial charge in [0, 0.05) is 38.8 Å². The molecule has 0 saturated carbocycles. The van der Waals surface area contributed by atoms with Gasteiger partial charge in [0.2, 0.25) is 11.8 Å². The number of amides is 2. The van der Waals surface area contributed by atoms with Crippen LogP contribution in [0.15, 0.2) is 42.5 Å². The highest BCUT2D eigenvalue weighted by Gasteiger charge is 2.32. The highest BCUT2D eigenvalue weighted by Crippen LogP contribution is 2.14. The van der Waals surface area contributed by atoms with E-state index in [2.05, 4.69) is 36.6 Å². The summed E-state index contributed by atoms with van der Waals surface area (Å²) in [6, 6.07) is 10.1. The molecule has 1 saturated heterocycles. The molecule has 0 bridgehead atoms. The van der Waals surface area contributed by atoms with Gasteiger partial charge >= 0.3 is 0 Å². The van der Waals surface area contributed by atoms with Crippen molar-refractivity contribution in [1.29, 1.82) is 0 Å². The van der Waals surface area contributed by atoms with Gasteiger partial charge in [0.25, 0.3) is 0 Å². The van der Waals surface area contributed by atoms with Crippen LogP contribution in [0.5, 0.6) is 0 Å². The summed E-state index contributed by atoms with van der Waals surface area (Å²) in [5.74, 6) is -1.78. The van der Waals surface area contributed by atoms with Crippen LogP contribution in [0.3, 0.4) is 0 Å².